The van der Waals surface area contributed by atoms with Crippen LogP contribution >= 0.6 is 0 Å². The number of rotatable bonds is 2. The Morgan fingerprint density at radius 1 is 0.556 bits per heavy atom. The minimum atomic E-state index is 0. The van der Waals surface area contributed by atoms with E-state index < -0.39 is 0 Å². The molecule has 0 fully saturated rings. The minimum absolute atomic E-state index is 0. The predicted octanol–water partition coefficient (Wildman–Crippen LogP) is 2.17. The average Bonchev–Trinajstić information content (AvgIpc) is 3.63. The normalized spacial score (nSPS) is 10.2. The van der Waals surface area contributed by atoms with Gasteiger partial charge in [-0.05, 0) is 42.6 Å². The van der Waals surface area contributed by atoms with Crippen molar-refractivity contribution in [2.24, 2.45) is 0 Å². The van der Waals surface area contributed by atoms with Gasteiger partial charge < -0.3 is 33.9 Å². The smallest absolute Gasteiger partial charge is 1.00 e. The van der Waals surface area contributed by atoms with Crippen LogP contribution in [0.2, 0.25) is 0 Å². The Morgan fingerprint density at radius 3 is 1.67 bits per heavy atom. The zero-order valence-electron chi connectivity index (χ0n) is 19.8. The van der Waals surface area contributed by atoms with E-state index in [0.29, 0.717) is 0 Å². The van der Waals surface area contributed by atoms with E-state index in [1.165, 1.54) is 49.5 Å². The second-order valence-electron chi connectivity index (χ2n) is 8.46. The molecule has 0 unspecified atom stereocenters. The van der Waals surface area contributed by atoms with Gasteiger partial charge in [-0.1, -0.05) is 30.3 Å². The van der Waals surface area contributed by atoms with Crippen molar-refractivity contribution in [2.75, 3.05) is 0 Å². The first-order valence-electron chi connectivity index (χ1n) is 11.3. The Labute approximate surface area is 242 Å². The van der Waals surface area contributed by atoms with Gasteiger partial charge in [0.2, 0.25) is 0 Å². The van der Waals surface area contributed by atoms with Crippen LogP contribution in [0.25, 0.3) is 43.8 Å². The Bertz CT molecular complexity index is 1620. The molecular formula is C31H24Cl2N2Zr. The van der Waals surface area contributed by atoms with E-state index in [4.69, 9.17) is 0 Å². The quantitative estimate of drug-likeness (QED) is 0.275. The van der Waals surface area contributed by atoms with E-state index in [2.05, 4.69) is 132 Å². The van der Waals surface area contributed by atoms with Crippen molar-refractivity contribution in [1.29, 1.82) is 0 Å². The summed E-state index contributed by atoms with van der Waals surface area (Å²) in [5, 5.41) is 6.50. The van der Waals surface area contributed by atoms with Gasteiger partial charge in [-0.2, -0.15) is 0 Å². The molecule has 0 atom stereocenters. The van der Waals surface area contributed by atoms with E-state index in [1.807, 2.05) is 12.1 Å². The number of fused-ring (bicyclic) bond motifs is 3. The van der Waals surface area contributed by atoms with Gasteiger partial charge in [-0.25, -0.2) is 0 Å². The zero-order valence-corrected chi connectivity index (χ0v) is 23.7. The Hall–Kier alpha value is -2.84. The van der Waals surface area contributed by atoms with Crippen molar-refractivity contribution in [3.63, 3.8) is 0 Å². The first kappa shape index (κ1) is 27.7. The van der Waals surface area contributed by atoms with Crippen LogP contribution in [0.5, 0.6) is 0 Å². The molecule has 0 radical (unpaired) electrons. The maximum atomic E-state index is 2.33. The number of hydrogen-bond acceptors (Lipinski definition) is 0. The third kappa shape index (κ3) is 5.30. The molecule has 0 spiro atoms. The molecule has 36 heavy (non-hydrogen) atoms. The number of halogens is 2. The molecule has 0 saturated carbocycles. The molecule has 7 rings (SSSR count). The van der Waals surface area contributed by atoms with E-state index in [1.54, 1.807) is 0 Å². The maximum Gasteiger partial charge on any atom is 4.00 e. The van der Waals surface area contributed by atoms with Gasteiger partial charge in [0.25, 0.3) is 0 Å². The molecule has 2 heterocycles. The third-order valence-electron chi connectivity index (χ3n) is 6.26. The summed E-state index contributed by atoms with van der Waals surface area (Å²) in [4.78, 5) is 0. The summed E-state index contributed by atoms with van der Waals surface area (Å²) >= 11 is 0. The number of aryl methyl sites for hydroxylation is 1. The van der Waals surface area contributed by atoms with Crippen molar-refractivity contribution in [1.82, 2.24) is 9.13 Å². The van der Waals surface area contributed by atoms with E-state index in [0.717, 1.165) is 0 Å². The molecule has 0 N–H and O–H groups in total. The van der Waals surface area contributed by atoms with Crippen molar-refractivity contribution in [2.45, 2.75) is 6.92 Å². The molecule has 0 aliphatic rings. The molecule has 0 aliphatic carbocycles. The third-order valence-corrected chi connectivity index (χ3v) is 6.26. The number of para-hydroxylation sites is 1. The summed E-state index contributed by atoms with van der Waals surface area (Å²) in [6.45, 7) is 2.16. The fraction of sp³-hybridized carbons (Fsp3) is 0.0323. The van der Waals surface area contributed by atoms with Crippen LogP contribution in [0.4, 0.5) is 0 Å². The van der Waals surface area contributed by atoms with Crippen LogP contribution in [0.3, 0.4) is 0 Å². The van der Waals surface area contributed by atoms with Crippen LogP contribution in [-0.4, -0.2) is 9.13 Å². The van der Waals surface area contributed by atoms with Crippen LogP contribution in [0.15, 0.2) is 128 Å². The molecule has 0 bridgehead atoms. The number of aromatic nitrogens is 2. The number of nitrogens with zero attached hydrogens (tertiary/aromatic N) is 2. The van der Waals surface area contributed by atoms with Crippen LogP contribution in [0.1, 0.15) is 5.69 Å². The second kappa shape index (κ2) is 11.9. The molecule has 176 valence electrons. The van der Waals surface area contributed by atoms with E-state index in [-0.39, 0.29) is 51.0 Å². The second-order valence-corrected chi connectivity index (χ2v) is 8.46. The molecule has 5 heteroatoms. The van der Waals surface area contributed by atoms with Crippen molar-refractivity contribution < 1.29 is 51.0 Å². The summed E-state index contributed by atoms with van der Waals surface area (Å²) < 4.78 is 4.45. The van der Waals surface area contributed by atoms with Gasteiger partial charge in [-0.15, -0.1) is 82.2 Å². The first-order chi connectivity index (χ1) is 16.3. The maximum absolute atomic E-state index is 2.33. The van der Waals surface area contributed by atoms with Gasteiger partial charge in [0.15, 0.2) is 0 Å². The topological polar surface area (TPSA) is 9.86 Å². The molecule has 7 aromatic rings. The fourth-order valence-corrected chi connectivity index (χ4v) is 4.69. The Morgan fingerprint density at radius 2 is 1.06 bits per heavy atom. The summed E-state index contributed by atoms with van der Waals surface area (Å²) in [6.07, 6.45) is 4.13. The zero-order chi connectivity index (χ0) is 22.2. The Balaban J connectivity index is 0.000000192. The number of hydrogen-bond donors (Lipinski definition) is 0. The van der Waals surface area contributed by atoms with Gasteiger partial charge >= 0.3 is 26.2 Å². The summed E-state index contributed by atoms with van der Waals surface area (Å²) in [5.41, 5.74) is 5.03. The van der Waals surface area contributed by atoms with Crippen molar-refractivity contribution in [3.8, 4) is 11.4 Å². The van der Waals surface area contributed by atoms with Gasteiger partial charge in [0.1, 0.15) is 0 Å². The fourth-order valence-electron chi connectivity index (χ4n) is 4.69. The molecule has 2 aromatic heterocycles. The van der Waals surface area contributed by atoms with Gasteiger partial charge in [0.05, 0.1) is 5.52 Å². The largest absolute Gasteiger partial charge is 4.00 e. The van der Waals surface area contributed by atoms with E-state index in [9.17, 15) is 0 Å². The number of benzene rings is 3. The van der Waals surface area contributed by atoms with Crippen molar-refractivity contribution in [3.05, 3.63) is 133 Å². The van der Waals surface area contributed by atoms with Crippen LogP contribution < -0.4 is 24.8 Å². The first-order valence-corrected chi connectivity index (χ1v) is 11.3. The molecule has 0 aliphatic heterocycles. The van der Waals surface area contributed by atoms with Gasteiger partial charge in [0, 0.05) is 23.5 Å². The summed E-state index contributed by atoms with van der Waals surface area (Å²) in [7, 11) is 0. The summed E-state index contributed by atoms with van der Waals surface area (Å²) in [5.74, 6) is 0. The SMILES string of the molecule is Cc1cc2ccccc2n1-c1cc2ccccc2[cH-]1.[Cl-].[Cl-].[Zr+4].c1ccc2[cH-]c(-n3cccc3)cc2c1. The molecular weight excluding hydrogens is 562 g/mol. The van der Waals surface area contributed by atoms with Crippen LogP contribution in [0, 0.1) is 6.92 Å². The standard InChI is InChI=1S/C18H14N.C13H10N.2ClH.Zr/c1-13-10-16-8-4-5-9-18(16)19(13)17-11-14-6-2-3-7-15(14)12-17;1-2-6-12-10-13(9-11(12)5-1)14-7-3-4-8-14;;;/h2-12H,1H3;1-10H;2*1H;/q2*-1;;;+4/p-2. The molecule has 5 aromatic carbocycles. The summed E-state index contributed by atoms with van der Waals surface area (Å²) in [6, 6.07) is 40.7. The van der Waals surface area contributed by atoms with Crippen molar-refractivity contribution >= 4 is 32.4 Å². The molecule has 0 amide bonds. The van der Waals surface area contributed by atoms with E-state index >= 15 is 0 Å². The minimum Gasteiger partial charge on any atom is -1.00 e. The monoisotopic (exact) mass is 584 g/mol. The molecule has 2 nitrogen and oxygen atoms in total. The molecule has 0 saturated heterocycles. The van der Waals surface area contributed by atoms with Gasteiger partial charge in [-0.3, -0.25) is 0 Å². The van der Waals surface area contributed by atoms with Crippen LogP contribution in [-0.2, 0) is 26.2 Å². The predicted molar refractivity (Wildman–Crippen MR) is 140 cm³/mol. The Kier molecular flexibility index (Phi) is 9.20. The average molecular weight is 587 g/mol.